The molecule has 1 rings (SSSR count). The SMILES string of the molecule is CN1CCCC(CCNC(C)(C)CCO)C1. The van der Waals surface area contributed by atoms with Crippen LogP contribution in [0.15, 0.2) is 0 Å². The van der Waals surface area contributed by atoms with Gasteiger partial charge in [0.15, 0.2) is 0 Å². The minimum Gasteiger partial charge on any atom is -0.396 e. The Morgan fingerprint density at radius 2 is 2.19 bits per heavy atom. The molecule has 0 radical (unpaired) electrons. The summed E-state index contributed by atoms with van der Waals surface area (Å²) in [6, 6.07) is 0. The molecule has 0 aliphatic carbocycles. The molecule has 0 spiro atoms. The average molecular weight is 228 g/mol. The van der Waals surface area contributed by atoms with Gasteiger partial charge in [0.05, 0.1) is 0 Å². The molecule has 96 valence electrons. The summed E-state index contributed by atoms with van der Waals surface area (Å²) in [6.45, 7) is 8.19. The Hall–Kier alpha value is -0.120. The summed E-state index contributed by atoms with van der Waals surface area (Å²) in [6.07, 6.45) is 4.82. The topological polar surface area (TPSA) is 35.5 Å². The van der Waals surface area contributed by atoms with Gasteiger partial charge >= 0.3 is 0 Å². The third kappa shape index (κ3) is 5.28. The second kappa shape index (κ2) is 6.58. The standard InChI is InChI=1S/C13H28N2O/c1-13(2,7-10-16)14-8-6-12-5-4-9-15(3)11-12/h12,14,16H,4-11H2,1-3H3. The predicted molar refractivity (Wildman–Crippen MR) is 68.6 cm³/mol. The first-order valence-corrected chi connectivity index (χ1v) is 6.58. The number of nitrogens with zero attached hydrogens (tertiary/aromatic N) is 1. The van der Waals surface area contributed by atoms with E-state index in [4.69, 9.17) is 5.11 Å². The van der Waals surface area contributed by atoms with Gasteiger partial charge in [-0.2, -0.15) is 0 Å². The lowest BCUT2D eigenvalue weighted by Gasteiger charge is -2.31. The number of hydrogen-bond acceptors (Lipinski definition) is 3. The molecular formula is C13H28N2O. The number of hydrogen-bond donors (Lipinski definition) is 2. The van der Waals surface area contributed by atoms with Crippen LogP contribution in [-0.4, -0.2) is 48.8 Å². The molecular weight excluding hydrogens is 200 g/mol. The maximum absolute atomic E-state index is 8.94. The third-order valence-corrected chi connectivity index (χ3v) is 3.62. The lowest BCUT2D eigenvalue weighted by atomic mass is 9.94. The highest BCUT2D eigenvalue weighted by Crippen LogP contribution is 2.18. The molecule has 0 aromatic rings. The molecule has 0 aromatic carbocycles. The van der Waals surface area contributed by atoms with E-state index in [9.17, 15) is 0 Å². The second-order valence-electron chi connectivity index (χ2n) is 5.84. The van der Waals surface area contributed by atoms with Crippen LogP contribution in [0.3, 0.4) is 0 Å². The summed E-state index contributed by atoms with van der Waals surface area (Å²) < 4.78 is 0. The van der Waals surface area contributed by atoms with Crippen molar-refractivity contribution in [3.63, 3.8) is 0 Å². The zero-order chi connectivity index (χ0) is 12.0. The van der Waals surface area contributed by atoms with Gasteiger partial charge in [0.25, 0.3) is 0 Å². The van der Waals surface area contributed by atoms with Crippen molar-refractivity contribution in [1.82, 2.24) is 10.2 Å². The van der Waals surface area contributed by atoms with Crippen molar-refractivity contribution in [2.45, 2.75) is 45.1 Å². The van der Waals surface area contributed by atoms with Crippen molar-refractivity contribution in [2.75, 3.05) is 33.3 Å². The number of nitrogens with one attached hydrogen (secondary N) is 1. The summed E-state index contributed by atoms with van der Waals surface area (Å²) in [4.78, 5) is 2.44. The minimum atomic E-state index is 0.0787. The number of rotatable bonds is 6. The van der Waals surface area contributed by atoms with E-state index in [1.54, 1.807) is 0 Å². The van der Waals surface area contributed by atoms with Crippen molar-refractivity contribution in [1.29, 1.82) is 0 Å². The summed E-state index contributed by atoms with van der Waals surface area (Å²) in [5.41, 5.74) is 0.0787. The van der Waals surface area contributed by atoms with E-state index in [0.717, 1.165) is 18.9 Å². The zero-order valence-electron chi connectivity index (χ0n) is 11.1. The van der Waals surface area contributed by atoms with E-state index in [1.165, 1.54) is 32.4 Å². The van der Waals surface area contributed by atoms with Gasteiger partial charge in [0.1, 0.15) is 0 Å². The molecule has 1 aliphatic rings. The van der Waals surface area contributed by atoms with E-state index in [2.05, 4.69) is 31.1 Å². The first-order chi connectivity index (χ1) is 7.53. The van der Waals surface area contributed by atoms with E-state index in [-0.39, 0.29) is 12.1 Å². The maximum Gasteiger partial charge on any atom is 0.0448 e. The first kappa shape index (κ1) is 13.9. The molecule has 0 amide bonds. The molecule has 16 heavy (non-hydrogen) atoms. The summed E-state index contributed by atoms with van der Waals surface area (Å²) in [5, 5.41) is 12.5. The lowest BCUT2D eigenvalue weighted by molar-refractivity contribution is 0.191. The van der Waals surface area contributed by atoms with Gasteiger partial charge in [-0.05, 0) is 65.6 Å². The highest BCUT2D eigenvalue weighted by Gasteiger charge is 2.19. The molecule has 1 unspecified atom stereocenters. The largest absolute Gasteiger partial charge is 0.396 e. The Morgan fingerprint density at radius 3 is 2.81 bits per heavy atom. The first-order valence-electron chi connectivity index (χ1n) is 6.58. The van der Waals surface area contributed by atoms with Gasteiger partial charge in [-0.25, -0.2) is 0 Å². The summed E-state index contributed by atoms with van der Waals surface area (Å²) in [5.74, 6) is 0.858. The van der Waals surface area contributed by atoms with Crippen LogP contribution in [0.4, 0.5) is 0 Å². The van der Waals surface area contributed by atoms with Gasteiger partial charge in [-0.15, -0.1) is 0 Å². The molecule has 1 aliphatic heterocycles. The Kier molecular flexibility index (Phi) is 5.73. The van der Waals surface area contributed by atoms with Crippen molar-refractivity contribution < 1.29 is 5.11 Å². The summed E-state index contributed by atoms with van der Waals surface area (Å²) in [7, 11) is 2.22. The van der Waals surface area contributed by atoms with Crippen LogP contribution in [-0.2, 0) is 0 Å². The van der Waals surface area contributed by atoms with E-state index >= 15 is 0 Å². The van der Waals surface area contributed by atoms with Crippen LogP contribution in [0.5, 0.6) is 0 Å². The van der Waals surface area contributed by atoms with Crippen LogP contribution in [0.2, 0.25) is 0 Å². The van der Waals surface area contributed by atoms with Crippen molar-refractivity contribution >= 4 is 0 Å². The molecule has 1 heterocycles. The summed E-state index contributed by atoms with van der Waals surface area (Å²) >= 11 is 0. The number of aliphatic hydroxyl groups excluding tert-OH is 1. The molecule has 0 bridgehead atoms. The Balaban J connectivity index is 2.14. The fraction of sp³-hybridized carbons (Fsp3) is 1.00. The number of piperidine rings is 1. The van der Waals surface area contributed by atoms with Gasteiger partial charge in [0, 0.05) is 18.7 Å². The van der Waals surface area contributed by atoms with Crippen LogP contribution in [0, 0.1) is 5.92 Å². The molecule has 0 aromatic heterocycles. The molecule has 1 saturated heterocycles. The maximum atomic E-state index is 8.94. The van der Waals surface area contributed by atoms with Crippen LogP contribution < -0.4 is 5.32 Å². The van der Waals surface area contributed by atoms with Crippen LogP contribution in [0.25, 0.3) is 0 Å². The van der Waals surface area contributed by atoms with Gasteiger partial charge < -0.3 is 15.3 Å². The van der Waals surface area contributed by atoms with Crippen molar-refractivity contribution in [3.05, 3.63) is 0 Å². The monoisotopic (exact) mass is 228 g/mol. The molecule has 3 nitrogen and oxygen atoms in total. The van der Waals surface area contributed by atoms with Crippen molar-refractivity contribution in [3.8, 4) is 0 Å². The molecule has 1 fully saturated rings. The fourth-order valence-corrected chi connectivity index (χ4v) is 2.49. The van der Waals surface area contributed by atoms with Gasteiger partial charge in [-0.1, -0.05) is 0 Å². The highest BCUT2D eigenvalue weighted by atomic mass is 16.3. The molecule has 3 heteroatoms. The quantitative estimate of drug-likeness (QED) is 0.722. The Labute approximate surface area is 100 Å². The molecule has 1 atom stereocenters. The zero-order valence-corrected chi connectivity index (χ0v) is 11.1. The minimum absolute atomic E-state index is 0.0787. The number of likely N-dealkylation sites (tertiary alicyclic amines) is 1. The molecule has 2 N–H and O–H groups in total. The normalized spacial score (nSPS) is 23.6. The second-order valence-corrected chi connectivity index (χ2v) is 5.84. The fourth-order valence-electron chi connectivity index (χ4n) is 2.49. The van der Waals surface area contributed by atoms with Crippen LogP contribution in [0.1, 0.15) is 39.5 Å². The van der Waals surface area contributed by atoms with Crippen LogP contribution >= 0.6 is 0 Å². The average Bonchev–Trinajstić information content (AvgIpc) is 2.17. The smallest absolute Gasteiger partial charge is 0.0448 e. The van der Waals surface area contributed by atoms with Gasteiger partial charge in [0.2, 0.25) is 0 Å². The Morgan fingerprint density at radius 1 is 1.44 bits per heavy atom. The number of aliphatic hydroxyl groups is 1. The Bertz CT molecular complexity index is 194. The van der Waals surface area contributed by atoms with Crippen molar-refractivity contribution in [2.24, 2.45) is 5.92 Å². The lowest BCUT2D eigenvalue weighted by Crippen LogP contribution is -2.42. The van der Waals surface area contributed by atoms with E-state index in [1.807, 2.05) is 0 Å². The predicted octanol–water partition coefficient (Wildman–Crippen LogP) is 1.47. The van der Waals surface area contributed by atoms with E-state index in [0.29, 0.717) is 0 Å². The van der Waals surface area contributed by atoms with E-state index < -0.39 is 0 Å². The molecule has 0 saturated carbocycles. The third-order valence-electron chi connectivity index (χ3n) is 3.62. The van der Waals surface area contributed by atoms with Gasteiger partial charge in [-0.3, -0.25) is 0 Å². The highest BCUT2D eigenvalue weighted by molar-refractivity contribution is 4.78.